The van der Waals surface area contributed by atoms with Gasteiger partial charge in [0.25, 0.3) is 0 Å². The smallest absolute Gasteiger partial charge is 0.397 e. The molecule has 0 heterocycles. The molecule has 0 aromatic heterocycles. The van der Waals surface area contributed by atoms with Crippen molar-refractivity contribution in [2.45, 2.75) is 6.18 Å². The second kappa shape index (κ2) is 5.32. The normalized spacial score (nSPS) is 11.4. The van der Waals surface area contributed by atoms with Gasteiger partial charge in [-0.25, -0.2) is 4.39 Å². The van der Waals surface area contributed by atoms with Crippen molar-refractivity contribution >= 4 is 33.0 Å². The third-order valence-electron chi connectivity index (χ3n) is 2.58. The van der Waals surface area contributed by atoms with E-state index in [1.807, 2.05) is 0 Å². The number of anilines is 3. The molecule has 0 amide bonds. The Hall–Kier alpha value is -1.76. The molecule has 0 saturated heterocycles. The lowest BCUT2D eigenvalue weighted by Gasteiger charge is -2.14. The minimum absolute atomic E-state index is 0.150. The van der Waals surface area contributed by atoms with Crippen molar-refractivity contribution < 1.29 is 17.6 Å². The van der Waals surface area contributed by atoms with Crippen LogP contribution in [-0.4, -0.2) is 0 Å². The highest BCUT2D eigenvalue weighted by atomic mass is 79.9. The number of nitrogens with two attached hydrogens (primary N) is 1. The Labute approximate surface area is 120 Å². The summed E-state index contributed by atoms with van der Waals surface area (Å²) in [6, 6.07) is 6.75. The molecule has 0 unspecified atom stereocenters. The van der Waals surface area contributed by atoms with E-state index in [9.17, 15) is 17.6 Å². The van der Waals surface area contributed by atoms with Gasteiger partial charge in [0.05, 0.1) is 22.6 Å². The molecule has 0 saturated carbocycles. The molecule has 7 heteroatoms. The van der Waals surface area contributed by atoms with E-state index in [0.717, 1.165) is 18.2 Å². The van der Waals surface area contributed by atoms with E-state index in [-0.39, 0.29) is 17.1 Å². The van der Waals surface area contributed by atoms with Crippen LogP contribution in [0, 0.1) is 5.82 Å². The molecule has 2 nitrogen and oxygen atoms in total. The first-order valence-corrected chi connectivity index (χ1v) is 6.25. The number of nitrogen functional groups attached to an aromatic ring is 1. The second-order valence-electron chi connectivity index (χ2n) is 4.05. The highest BCUT2D eigenvalue weighted by Crippen LogP contribution is 2.36. The van der Waals surface area contributed by atoms with E-state index in [1.54, 1.807) is 0 Å². The molecule has 0 atom stereocenters. The van der Waals surface area contributed by atoms with Crippen LogP contribution in [0.25, 0.3) is 0 Å². The Kier molecular flexibility index (Phi) is 3.89. The van der Waals surface area contributed by atoms with Crippen LogP contribution in [0.3, 0.4) is 0 Å². The van der Waals surface area contributed by atoms with Crippen LogP contribution >= 0.6 is 15.9 Å². The van der Waals surface area contributed by atoms with Gasteiger partial charge in [0.2, 0.25) is 0 Å². The van der Waals surface area contributed by atoms with E-state index >= 15 is 0 Å². The fraction of sp³-hybridized carbons (Fsp3) is 0.0769. The average Bonchev–Trinajstić information content (AvgIpc) is 2.35. The minimum atomic E-state index is -4.45. The number of nitrogens with one attached hydrogen (secondary N) is 1. The number of hydrogen-bond acceptors (Lipinski definition) is 2. The largest absolute Gasteiger partial charge is 0.416 e. The summed E-state index contributed by atoms with van der Waals surface area (Å²) in [6.45, 7) is 0. The molecular formula is C13H9BrF4N2. The maximum Gasteiger partial charge on any atom is 0.416 e. The lowest BCUT2D eigenvalue weighted by Crippen LogP contribution is -2.06. The Bertz CT molecular complexity index is 641. The van der Waals surface area contributed by atoms with Gasteiger partial charge in [0.1, 0.15) is 5.82 Å². The van der Waals surface area contributed by atoms with Crippen molar-refractivity contribution in [1.29, 1.82) is 0 Å². The van der Waals surface area contributed by atoms with E-state index < -0.39 is 17.6 Å². The molecule has 2 aromatic carbocycles. The van der Waals surface area contributed by atoms with Crippen molar-refractivity contribution in [2.24, 2.45) is 0 Å². The monoisotopic (exact) mass is 348 g/mol. The standard InChI is InChI=1S/C13H9BrF4N2/c14-9-3-1-7(13(16,17)18)5-11(9)20-12-6-8(15)2-4-10(12)19/h1-6,20H,19H2. The van der Waals surface area contributed by atoms with Crippen LogP contribution in [0.5, 0.6) is 0 Å². The van der Waals surface area contributed by atoms with Crippen molar-refractivity contribution in [2.75, 3.05) is 11.1 Å². The molecule has 20 heavy (non-hydrogen) atoms. The van der Waals surface area contributed by atoms with Gasteiger partial charge < -0.3 is 11.1 Å². The Morgan fingerprint density at radius 3 is 2.35 bits per heavy atom. The number of benzene rings is 2. The fourth-order valence-corrected chi connectivity index (χ4v) is 1.92. The molecule has 0 aliphatic carbocycles. The summed E-state index contributed by atoms with van der Waals surface area (Å²) in [5.41, 5.74) is 5.42. The maximum absolute atomic E-state index is 13.1. The Balaban J connectivity index is 2.40. The summed E-state index contributed by atoms with van der Waals surface area (Å²) < 4.78 is 51.5. The molecule has 0 spiro atoms. The lowest BCUT2D eigenvalue weighted by molar-refractivity contribution is -0.137. The van der Waals surface area contributed by atoms with Crippen molar-refractivity contribution in [3.8, 4) is 0 Å². The van der Waals surface area contributed by atoms with Crippen LogP contribution in [0.15, 0.2) is 40.9 Å². The van der Waals surface area contributed by atoms with Crippen LogP contribution in [0.2, 0.25) is 0 Å². The average molecular weight is 349 g/mol. The molecule has 2 rings (SSSR count). The second-order valence-corrected chi connectivity index (χ2v) is 4.90. The molecule has 3 N–H and O–H groups in total. The molecular weight excluding hydrogens is 340 g/mol. The van der Waals surface area contributed by atoms with E-state index in [0.29, 0.717) is 4.47 Å². The zero-order valence-electron chi connectivity index (χ0n) is 9.93. The molecule has 106 valence electrons. The minimum Gasteiger partial charge on any atom is -0.397 e. The number of hydrogen-bond donors (Lipinski definition) is 2. The summed E-state index contributed by atoms with van der Waals surface area (Å²) in [7, 11) is 0. The quantitative estimate of drug-likeness (QED) is 0.596. The first-order chi connectivity index (χ1) is 9.27. The van der Waals surface area contributed by atoms with Crippen molar-refractivity contribution in [3.05, 3.63) is 52.3 Å². The number of alkyl halides is 3. The molecule has 0 radical (unpaired) electrons. The Morgan fingerprint density at radius 1 is 1.00 bits per heavy atom. The third-order valence-corrected chi connectivity index (χ3v) is 3.27. The van der Waals surface area contributed by atoms with Gasteiger partial charge in [-0.3, -0.25) is 0 Å². The summed E-state index contributed by atoms with van der Waals surface area (Å²) in [6.07, 6.45) is -4.45. The Morgan fingerprint density at radius 2 is 1.70 bits per heavy atom. The number of rotatable bonds is 2. The molecule has 0 aliphatic heterocycles. The predicted octanol–water partition coefficient (Wildman–Crippen LogP) is 4.93. The highest BCUT2D eigenvalue weighted by molar-refractivity contribution is 9.10. The summed E-state index contributed by atoms with van der Waals surface area (Å²) >= 11 is 3.13. The lowest BCUT2D eigenvalue weighted by atomic mass is 10.2. The van der Waals surface area contributed by atoms with Crippen LogP contribution in [-0.2, 0) is 6.18 Å². The van der Waals surface area contributed by atoms with Crippen LogP contribution in [0.1, 0.15) is 5.56 Å². The summed E-state index contributed by atoms with van der Waals surface area (Å²) in [4.78, 5) is 0. The first-order valence-electron chi connectivity index (χ1n) is 5.46. The highest BCUT2D eigenvalue weighted by Gasteiger charge is 2.30. The fourth-order valence-electron chi connectivity index (χ4n) is 1.58. The van der Waals surface area contributed by atoms with Gasteiger partial charge in [0.15, 0.2) is 0 Å². The maximum atomic E-state index is 13.1. The number of halogens is 5. The molecule has 0 bridgehead atoms. The van der Waals surface area contributed by atoms with E-state index in [4.69, 9.17) is 5.73 Å². The van der Waals surface area contributed by atoms with Gasteiger partial charge >= 0.3 is 6.18 Å². The predicted molar refractivity (Wildman–Crippen MR) is 73.2 cm³/mol. The zero-order valence-corrected chi connectivity index (χ0v) is 11.5. The summed E-state index contributed by atoms with van der Waals surface area (Å²) in [5.74, 6) is -0.537. The van der Waals surface area contributed by atoms with Gasteiger partial charge in [-0.05, 0) is 52.3 Å². The van der Waals surface area contributed by atoms with Gasteiger partial charge in [-0.15, -0.1) is 0 Å². The SMILES string of the molecule is Nc1ccc(F)cc1Nc1cc(C(F)(F)F)ccc1Br. The van der Waals surface area contributed by atoms with E-state index in [2.05, 4.69) is 21.2 Å². The zero-order chi connectivity index (χ0) is 14.9. The van der Waals surface area contributed by atoms with Gasteiger partial charge in [-0.1, -0.05) is 0 Å². The van der Waals surface area contributed by atoms with Gasteiger partial charge in [0, 0.05) is 4.47 Å². The first kappa shape index (κ1) is 14.6. The molecule has 2 aromatic rings. The van der Waals surface area contributed by atoms with E-state index in [1.165, 1.54) is 18.2 Å². The summed E-state index contributed by atoms with van der Waals surface area (Å²) in [5, 5.41) is 2.68. The third kappa shape index (κ3) is 3.22. The molecule has 0 fully saturated rings. The van der Waals surface area contributed by atoms with Crippen molar-refractivity contribution in [1.82, 2.24) is 0 Å². The topological polar surface area (TPSA) is 38.0 Å². The van der Waals surface area contributed by atoms with Crippen LogP contribution < -0.4 is 11.1 Å². The molecule has 0 aliphatic rings. The van der Waals surface area contributed by atoms with Crippen LogP contribution in [0.4, 0.5) is 34.6 Å². The van der Waals surface area contributed by atoms with Gasteiger partial charge in [-0.2, -0.15) is 13.2 Å². The van der Waals surface area contributed by atoms with Crippen molar-refractivity contribution in [3.63, 3.8) is 0 Å².